The van der Waals surface area contributed by atoms with Crippen molar-refractivity contribution in [3.63, 3.8) is 0 Å². The summed E-state index contributed by atoms with van der Waals surface area (Å²) < 4.78 is 0. The molecule has 0 aliphatic heterocycles. The lowest BCUT2D eigenvalue weighted by Crippen LogP contribution is -2.10. The Morgan fingerprint density at radius 3 is 1.41 bits per heavy atom. The lowest BCUT2D eigenvalue weighted by molar-refractivity contribution is 0.402. The first kappa shape index (κ1) is 26.5. The van der Waals surface area contributed by atoms with E-state index in [0.717, 1.165) is 12.4 Å². The average Bonchev–Trinajstić information content (AvgIpc) is 2.66. The molecule has 0 unspecified atom stereocenters. The first-order valence-electron chi connectivity index (χ1n) is 11.4. The van der Waals surface area contributed by atoms with Gasteiger partial charge in [-0.05, 0) is 26.1 Å². The van der Waals surface area contributed by atoms with E-state index in [1.54, 1.807) is 0 Å². The minimum Gasteiger partial charge on any atom is -0.305 e. The van der Waals surface area contributed by atoms with Gasteiger partial charge in [-0.1, -0.05) is 121 Å². The van der Waals surface area contributed by atoms with Gasteiger partial charge in [0.05, 0.1) is 0 Å². The number of rotatable bonds is 16. The van der Waals surface area contributed by atoms with Gasteiger partial charge < -0.3 is 4.90 Å². The van der Waals surface area contributed by atoms with E-state index < -0.39 is 0 Å². The molecule has 0 fully saturated rings. The van der Waals surface area contributed by atoms with Gasteiger partial charge in [-0.3, -0.25) is 0 Å². The predicted molar refractivity (Wildman–Crippen MR) is 125 cm³/mol. The summed E-state index contributed by atoms with van der Waals surface area (Å²) in [5.74, 6) is 0.845. The summed E-state index contributed by atoms with van der Waals surface area (Å²) in [5, 5.41) is 0. The Morgan fingerprint density at radius 1 is 0.630 bits per heavy atom. The van der Waals surface area contributed by atoms with E-state index in [9.17, 15) is 0 Å². The SMILES string of the molecule is CCCCCCCCCCCCCCCCCl.CN(C)Cc1ccccc1. The fourth-order valence-electron chi connectivity index (χ4n) is 3.24. The lowest BCUT2D eigenvalue weighted by Gasteiger charge is -2.08. The zero-order valence-electron chi connectivity index (χ0n) is 18.5. The third-order valence-electron chi connectivity index (χ3n) is 4.83. The summed E-state index contributed by atoms with van der Waals surface area (Å²) in [6.07, 6.45) is 19.8. The normalized spacial score (nSPS) is 10.7. The van der Waals surface area contributed by atoms with Crippen molar-refractivity contribution >= 4 is 11.6 Å². The standard InChI is InChI=1S/C16H33Cl.C9H13N/c1-2-3-4-5-6-7-8-9-10-11-12-13-14-15-16-17;1-10(2)8-9-6-4-3-5-7-9/h2-16H2,1H3;3-7H,8H2,1-2H3. The highest BCUT2D eigenvalue weighted by molar-refractivity contribution is 6.17. The van der Waals surface area contributed by atoms with E-state index in [1.807, 2.05) is 6.07 Å². The van der Waals surface area contributed by atoms with E-state index >= 15 is 0 Å². The Labute approximate surface area is 175 Å². The van der Waals surface area contributed by atoms with Gasteiger partial charge in [0, 0.05) is 12.4 Å². The summed E-state index contributed by atoms with van der Waals surface area (Å²) in [5.41, 5.74) is 1.37. The van der Waals surface area contributed by atoms with Crippen LogP contribution < -0.4 is 0 Å². The molecular weight excluding hydrogens is 350 g/mol. The predicted octanol–water partition coefficient (Wildman–Crippen LogP) is 8.45. The summed E-state index contributed by atoms with van der Waals surface area (Å²) >= 11 is 5.64. The number of benzene rings is 1. The monoisotopic (exact) mass is 395 g/mol. The smallest absolute Gasteiger partial charge is 0.0227 e. The zero-order chi connectivity index (χ0) is 20.0. The number of nitrogens with zero attached hydrogens (tertiary/aromatic N) is 1. The van der Waals surface area contributed by atoms with Crippen LogP contribution in [0.5, 0.6) is 0 Å². The van der Waals surface area contributed by atoms with Gasteiger partial charge in [0.25, 0.3) is 0 Å². The van der Waals surface area contributed by atoms with Crippen LogP contribution in [0.1, 0.15) is 102 Å². The molecule has 0 amide bonds. The van der Waals surface area contributed by atoms with Gasteiger partial charge in [0.2, 0.25) is 0 Å². The molecule has 0 atom stereocenters. The first-order chi connectivity index (χ1) is 13.2. The number of unbranched alkanes of at least 4 members (excludes halogenated alkanes) is 13. The van der Waals surface area contributed by atoms with Crippen molar-refractivity contribution < 1.29 is 0 Å². The Bertz CT molecular complexity index is 363. The van der Waals surface area contributed by atoms with Crippen LogP contribution in [0.15, 0.2) is 30.3 Å². The molecule has 0 aromatic heterocycles. The number of alkyl halides is 1. The van der Waals surface area contributed by atoms with E-state index in [2.05, 4.69) is 50.2 Å². The summed E-state index contributed by atoms with van der Waals surface area (Å²) in [7, 11) is 4.15. The maximum atomic E-state index is 5.64. The Balaban J connectivity index is 0.000000569. The van der Waals surface area contributed by atoms with Crippen molar-refractivity contribution in [3.05, 3.63) is 35.9 Å². The third-order valence-corrected chi connectivity index (χ3v) is 5.10. The van der Waals surface area contributed by atoms with E-state index in [1.165, 1.54) is 95.5 Å². The van der Waals surface area contributed by atoms with Crippen LogP contribution in [0.25, 0.3) is 0 Å². The molecule has 0 saturated carbocycles. The second kappa shape index (κ2) is 21.8. The molecule has 0 radical (unpaired) electrons. The van der Waals surface area contributed by atoms with Gasteiger partial charge >= 0.3 is 0 Å². The largest absolute Gasteiger partial charge is 0.305 e. The van der Waals surface area contributed by atoms with E-state index in [4.69, 9.17) is 11.6 Å². The molecule has 2 heteroatoms. The highest BCUT2D eigenvalue weighted by Crippen LogP contribution is 2.12. The van der Waals surface area contributed by atoms with E-state index in [0.29, 0.717) is 0 Å². The van der Waals surface area contributed by atoms with Crippen molar-refractivity contribution in [2.45, 2.75) is 103 Å². The van der Waals surface area contributed by atoms with Gasteiger partial charge in [-0.15, -0.1) is 11.6 Å². The molecule has 27 heavy (non-hydrogen) atoms. The zero-order valence-corrected chi connectivity index (χ0v) is 19.3. The van der Waals surface area contributed by atoms with Crippen molar-refractivity contribution in [1.29, 1.82) is 0 Å². The third kappa shape index (κ3) is 21.6. The molecule has 0 aliphatic rings. The summed E-state index contributed by atoms with van der Waals surface area (Å²) in [4.78, 5) is 2.16. The molecule has 0 N–H and O–H groups in total. The fourth-order valence-corrected chi connectivity index (χ4v) is 3.43. The van der Waals surface area contributed by atoms with Crippen LogP contribution in [-0.2, 0) is 6.54 Å². The van der Waals surface area contributed by atoms with Crippen LogP contribution in [0.4, 0.5) is 0 Å². The summed E-state index contributed by atoms with van der Waals surface area (Å²) in [6, 6.07) is 10.5. The minimum atomic E-state index is 0.845. The molecule has 1 aromatic carbocycles. The van der Waals surface area contributed by atoms with Crippen LogP contribution in [0.2, 0.25) is 0 Å². The topological polar surface area (TPSA) is 3.24 Å². The molecule has 1 nitrogen and oxygen atoms in total. The van der Waals surface area contributed by atoms with Crippen molar-refractivity contribution in [1.82, 2.24) is 4.90 Å². The average molecular weight is 396 g/mol. The number of halogens is 1. The molecule has 0 aliphatic carbocycles. The molecule has 0 saturated heterocycles. The molecule has 1 rings (SSSR count). The fraction of sp³-hybridized carbons (Fsp3) is 0.760. The second-order valence-electron chi connectivity index (χ2n) is 8.01. The molecular formula is C25H46ClN. The van der Waals surface area contributed by atoms with Gasteiger partial charge in [0.1, 0.15) is 0 Å². The number of hydrogen-bond donors (Lipinski definition) is 0. The van der Waals surface area contributed by atoms with Crippen LogP contribution in [0.3, 0.4) is 0 Å². The van der Waals surface area contributed by atoms with Crippen molar-refractivity contribution in [3.8, 4) is 0 Å². The minimum absolute atomic E-state index is 0.845. The van der Waals surface area contributed by atoms with Crippen LogP contribution in [-0.4, -0.2) is 24.9 Å². The van der Waals surface area contributed by atoms with Crippen molar-refractivity contribution in [2.24, 2.45) is 0 Å². The van der Waals surface area contributed by atoms with Crippen LogP contribution in [0, 0.1) is 0 Å². The van der Waals surface area contributed by atoms with Gasteiger partial charge in [0.15, 0.2) is 0 Å². The maximum Gasteiger partial charge on any atom is 0.0227 e. The second-order valence-corrected chi connectivity index (χ2v) is 8.39. The molecule has 0 spiro atoms. The van der Waals surface area contributed by atoms with Crippen molar-refractivity contribution in [2.75, 3.05) is 20.0 Å². The Hall–Kier alpha value is -0.530. The highest BCUT2D eigenvalue weighted by Gasteiger charge is 1.93. The Morgan fingerprint density at radius 2 is 1.04 bits per heavy atom. The lowest BCUT2D eigenvalue weighted by atomic mass is 10.0. The van der Waals surface area contributed by atoms with Crippen LogP contribution >= 0.6 is 11.6 Å². The Kier molecular flexibility index (Phi) is 21.3. The van der Waals surface area contributed by atoms with Gasteiger partial charge in [-0.25, -0.2) is 0 Å². The first-order valence-corrected chi connectivity index (χ1v) is 12.0. The van der Waals surface area contributed by atoms with E-state index in [-0.39, 0.29) is 0 Å². The number of hydrogen-bond acceptors (Lipinski definition) is 1. The maximum absolute atomic E-state index is 5.64. The molecule has 0 heterocycles. The molecule has 1 aromatic rings. The van der Waals surface area contributed by atoms with Gasteiger partial charge in [-0.2, -0.15) is 0 Å². The summed E-state index contributed by atoms with van der Waals surface area (Å²) in [6.45, 7) is 3.31. The quantitative estimate of drug-likeness (QED) is 0.200. The highest BCUT2D eigenvalue weighted by atomic mass is 35.5. The molecule has 0 bridgehead atoms. The molecule has 158 valence electrons.